The second kappa shape index (κ2) is 8.71. The van der Waals surface area contributed by atoms with E-state index in [1.54, 1.807) is 19.2 Å². The lowest BCUT2D eigenvalue weighted by atomic mass is 10.2. The van der Waals surface area contributed by atoms with Crippen LogP contribution in [0.15, 0.2) is 72.8 Å². The minimum absolute atomic E-state index is 0.0576. The first kappa shape index (κ1) is 18.3. The minimum atomic E-state index is -0.410. The highest BCUT2D eigenvalue weighted by atomic mass is 16.6. The predicted octanol–water partition coefficient (Wildman–Crippen LogP) is 4.79. The molecule has 0 aliphatic heterocycles. The number of nitro groups is 1. The van der Waals surface area contributed by atoms with Gasteiger partial charge in [0, 0.05) is 24.4 Å². The third kappa shape index (κ3) is 4.98. The lowest BCUT2D eigenvalue weighted by molar-refractivity contribution is -0.384. The lowest BCUT2D eigenvalue weighted by Crippen LogP contribution is -2.02. The molecule has 0 atom stereocenters. The summed E-state index contributed by atoms with van der Waals surface area (Å²) in [5, 5.41) is 14.0. The molecule has 138 valence electrons. The predicted molar refractivity (Wildman–Crippen MR) is 104 cm³/mol. The maximum Gasteiger partial charge on any atom is 0.271 e. The summed E-state index contributed by atoms with van der Waals surface area (Å²) in [6.45, 7) is 0.971. The molecule has 3 aromatic carbocycles. The first-order chi connectivity index (χ1) is 13.2. The molecule has 0 aliphatic carbocycles. The van der Waals surface area contributed by atoms with Gasteiger partial charge in [-0.25, -0.2) is 0 Å². The van der Waals surface area contributed by atoms with Gasteiger partial charge in [0.1, 0.15) is 6.61 Å². The number of methoxy groups -OCH3 is 1. The Labute approximate surface area is 157 Å². The van der Waals surface area contributed by atoms with Crippen LogP contribution < -0.4 is 14.8 Å². The van der Waals surface area contributed by atoms with Crippen molar-refractivity contribution in [1.29, 1.82) is 0 Å². The second-order valence-corrected chi connectivity index (χ2v) is 5.92. The van der Waals surface area contributed by atoms with Gasteiger partial charge < -0.3 is 14.8 Å². The van der Waals surface area contributed by atoms with Crippen molar-refractivity contribution in [2.75, 3.05) is 12.4 Å². The van der Waals surface area contributed by atoms with Crippen LogP contribution in [0.5, 0.6) is 11.5 Å². The molecule has 6 nitrogen and oxygen atoms in total. The molecule has 3 rings (SSSR count). The largest absolute Gasteiger partial charge is 0.493 e. The van der Waals surface area contributed by atoms with Crippen LogP contribution >= 0.6 is 0 Å². The highest BCUT2D eigenvalue weighted by molar-refractivity contribution is 5.52. The van der Waals surface area contributed by atoms with E-state index in [-0.39, 0.29) is 5.69 Å². The number of anilines is 1. The average Bonchev–Trinajstić information content (AvgIpc) is 2.72. The van der Waals surface area contributed by atoms with Gasteiger partial charge in [-0.3, -0.25) is 10.1 Å². The molecule has 0 heterocycles. The summed E-state index contributed by atoms with van der Waals surface area (Å²) in [6.07, 6.45) is 0. The van der Waals surface area contributed by atoms with Crippen LogP contribution in [0.1, 0.15) is 11.1 Å². The van der Waals surface area contributed by atoms with Crippen LogP contribution in [0.3, 0.4) is 0 Å². The van der Waals surface area contributed by atoms with Gasteiger partial charge in [0.05, 0.1) is 12.0 Å². The van der Waals surface area contributed by atoms with E-state index in [9.17, 15) is 10.1 Å². The highest BCUT2D eigenvalue weighted by Gasteiger charge is 2.08. The fraction of sp³-hybridized carbons (Fsp3) is 0.143. The van der Waals surface area contributed by atoms with Crippen LogP contribution in [0.2, 0.25) is 0 Å². The summed E-state index contributed by atoms with van der Waals surface area (Å²) in [5.74, 6) is 1.31. The molecule has 3 aromatic rings. The molecule has 0 aliphatic rings. The Bertz CT molecular complexity index is 913. The van der Waals surface area contributed by atoms with E-state index in [1.165, 1.54) is 12.1 Å². The Morgan fingerprint density at radius 2 is 1.74 bits per heavy atom. The maximum atomic E-state index is 10.9. The molecule has 0 saturated heterocycles. The van der Waals surface area contributed by atoms with E-state index >= 15 is 0 Å². The highest BCUT2D eigenvalue weighted by Crippen LogP contribution is 2.29. The van der Waals surface area contributed by atoms with Crippen molar-refractivity contribution in [3.63, 3.8) is 0 Å². The van der Waals surface area contributed by atoms with Crippen molar-refractivity contribution in [1.82, 2.24) is 0 Å². The summed E-state index contributed by atoms with van der Waals surface area (Å²) in [6, 6.07) is 22.0. The van der Waals surface area contributed by atoms with Gasteiger partial charge in [0.15, 0.2) is 11.5 Å². The number of nitrogens with one attached hydrogen (secondary N) is 1. The Morgan fingerprint density at radius 1 is 0.926 bits per heavy atom. The average molecular weight is 364 g/mol. The number of ether oxygens (including phenoxy) is 2. The van der Waals surface area contributed by atoms with E-state index in [0.717, 1.165) is 11.1 Å². The maximum absolute atomic E-state index is 10.9. The van der Waals surface area contributed by atoms with Gasteiger partial charge in [-0.15, -0.1) is 0 Å². The van der Waals surface area contributed by atoms with Gasteiger partial charge >= 0.3 is 0 Å². The van der Waals surface area contributed by atoms with Crippen molar-refractivity contribution in [2.45, 2.75) is 13.2 Å². The molecule has 0 saturated carbocycles. The van der Waals surface area contributed by atoms with Gasteiger partial charge in [-0.1, -0.05) is 42.5 Å². The monoisotopic (exact) mass is 364 g/mol. The third-order valence-corrected chi connectivity index (χ3v) is 4.02. The zero-order chi connectivity index (χ0) is 19.1. The number of benzene rings is 3. The molecular weight excluding hydrogens is 344 g/mol. The molecule has 0 unspecified atom stereocenters. The van der Waals surface area contributed by atoms with E-state index in [1.807, 2.05) is 48.5 Å². The number of non-ortho nitro benzene ring substituents is 1. The zero-order valence-corrected chi connectivity index (χ0v) is 14.9. The smallest absolute Gasteiger partial charge is 0.271 e. The summed E-state index contributed by atoms with van der Waals surface area (Å²) < 4.78 is 11.3. The number of nitrogens with zero attached hydrogens (tertiary/aromatic N) is 1. The summed E-state index contributed by atoms with van der Waals surface area (Å²) in [4.78, 5) is 10.5. The van der Waals surface area contributed by atoms with E-state index < -0.39 is 4.92 Å². The Kier molecular flexibility index (Phi) is 5.89. The van der Waals surface area contributed by atoms with Crippen molar-refractivity contribution < 1.29 is 14.4 Å². The first-order valence-electron chi connectivity index (χ1n) is 8.47. The first-order valence-corrected chi connectivity index (χ1v) is 8.47. The van der Waals surface area contributed by atoms with Crippen LogP contribution in [0.25, 0.3) is 0 Å². The van der Waals surface area contributed by atoms with E-state index in [2.05, 4.69) is 5.32 Å². The molecular formula is C21H20N2O4. The fourth-order valence-corrected chi connectivity index (χ4v) is 2.61. The SMILES string of the molecule is COc1cc(CNc2cccc([N+](=O)[O-])c2)ccc1OCc1ccccc1. The van der Waals surface area contributed by atoms with Gasteiger partial charge in [0.2, 0.25) is 0 Å². The van der Waals surface area contributed by atoms with Crippen LogP contribution in [0, 0.1) is 10.1 Å². The number of rotatable bonds is 8. The molecule has 1 N–H and O–H groups in total. The van der Waals surface area contributed by atoms with Crippen molar-refractivity contribution in [3.05, 3.63) is 94.0 Å². The van der Waals surface area contributed by atoms with Gasteiger partial charge in [-0.05, 0) is 29.3 Å². The normalized spacial score (nSPS) is 10.3. The molecule has 0 amide bonds. The van der Waals surface area contributed by atoms with E-state index in [4.69, 9.17) is 9.47 Å². The molecule has 0 spiro atoms. The summed E-state index contributed by atoms with van der Waals surface area (Å²) in [7, 11) is 1.60. The zero-order valence-electron chi connectivity index (χ0n) is 14.9. The van der Waals surface area contributed by atoms with Crippen LogP contribution in [-0.2, 0) is 13.2 Å². The lowest BCUT2D eigenvalue weighted by Gasteiger charge is -2.13. The standard InChI is InChI=1S/C21H20N2O4/c1-26-21-12-17(14-22-18-8-5-9-19(13-18)23(24)25)10-11-20(21)27-15-16-6-3-2-4-7-16/h2-13,22H,14-15H2,1H3. The van der Waals surface area contributed by atoms with Crippen molar-refractivity contribution in [2.24, 2.45) is 0 Å². The Morgan fingerprint density at radius 3 is 2.48 bits per heavy atom. The topological polar surface area (TPSA) is 73.6 Å². The molecule has 0 aromatic heterocycles. The minimum Gasteiger partial charge on any atom is -0.493 e. The van der Waals surface area contributed by atoms with Gasteiger partial charge in [-0.2, -0.15) is 0 Å². The third-order valence-electron chi connectivity index (χ3n) is 4.02. The number of nitro benzene ring substituents is 1. The molecule has 0 bridgehead atoms. The molecule has 6 heteroatoms. The van der Waals surface area contributed by atoms with Crippen molar-refractivity contribution >= 4 is 11.4 Å². The molecule has 0 fully saturated rings. The molecule has 27 heavy (non-hydrogen) atoms. The Hall–Kier alpha value is -3.54. The summed E-state index contributed by atoms with van der Waals surface area (Å²) in [5.41, 5.74) is 2.80. The molecule has 0 radical (unpaired) electrons. The Balaban J connectivity index is 1.65. The van der Waals surface area contributed by atoms with Crippen LogP contribution in [-0.4, -0.2) is 12.0 Å². The van der Waals surface area contributed by atoms with Crippen molar-refractivity contribution in [3.8, 4) is 11.5 Å². The second-order valence-electron chi connectivity index (χ2n) is 5.92. The number of hydrogen-bond acceptors (Lipinski definition) is 5. The number of hydrogen-bond donors (Lipinski definition) is 1. The summed E-state index contributed by atoms with van der Waals surface area (Å²) >= 11 is 0. The fourth-order valence-electron chi connectivity index (χ4n) is 2.61. The van der Waals surface area contributed by atoms with Crippen LogP contribution in [0.4, 0.5) is 11.4 Å². The van der Waals surface area contributed by atoms with E-state index in [0.29, 0.717) is 30.3 Å². The quantitative estimate of drug-likeness (QED) is 0.459. The van der Waals surface area contributed by atoms with Gasteiger partial charge in [0.25, 0.3) is 5.69 Å².